The molecule has 0 unspecified atom stereocenters. The predicted octanol–water partition coefficient (Wildman–Crippen LogP) is 2.91. The van der Waals surface area contributed by atoms with E-state index < -0.39 is 0 Å². The predicted molar refractivity (Wildman–Crippen MR) is 64.9 cm³/mol. The number of carbonyl (C=O) groups excluding carboxylic acids is 1. The van der Waals surface area contributed by atoms with Crippen molar-refractivity contribution in [1.29, 1.82) is 0 Å². The molecule has 0 spiro atoms. The average Bonchev–Trinajstić information content (AvgIpc) is 3.09. The fourth-order valence-electron chi connectivity index (χ4n) is 2.17. The van der Waals surface area contributed by atoms with Gasteiger partial charge < -0.3 is 5.32 Å². The first kappa shape index (κ1) is 11.2. The topological polar surface area (TPSA) is 29.1 Å². The average molecular weight is 217 g/mol. The Bertz CT molecular complexity index is 360. The lowest BCUT2D eigenvalue weighted by Gasteiger charge is -2.14. The molecule has 0 bridgehead atoms. The van der Waals surface area contributed by atoms with Crippen molar-refractivity contribution in [1.82, 2.24) is 5.32 Å². The number of rotatable bonds is 4. The molecule has 1 aliphatic rings. The SMILES string of the molecule is CC[C@@H]1C[C@H]1C(=O)N[C@@H](C)c1ccccc1. The molecule has 1 saturated carbocycles. The third kappa shape index (κ3) is 2.43. The summed E-state index contributed by atoms with van der Waals surface area (Å²) in [4.78, 5) is 11.8. The molecule has 2 nitrogen and oxygen atoms in total. The third-order valence-electron chi connectivity index (χ3n) is 3.44. The summed E-state index contributed by atoms with van der Waals surface area (Å²) in [5.74, 6) is 1.13. The third-order valence-corrected chi connectivity index (χ3v) is 3.44. The van der Waals surface area contributed by atoms with E-state index in [2.05, 4.69) is 24.4 Å². The highest BCUT2D eigenvalue weighted by Crippen LogP contribution is 2.41. The minimum absolute atomic E-state index is 0.117. The van der Waals surface area contributed by atoms with E-state index in [0.717, 1.165) is 12.8 Å². The monoisotopic (exact) mass is 217 g/mol. The summed E-state index contributed by atoms with van der Waals surface area (Å²) in [7, 11) is 0. The van der Waals surface area contributed by atoms with Gasteiger partial charge in [0.2, 0.25) is 5.91 Å². The zero-order chi connectivity index (χ0) is 11.5. The standard InChI is InChI=1S/C14H19NO/c1-3-11-9-13(11)14(16)15-10(2)12-7-5-4-6-8-12/h4-8,10-11,13H,3,9H2,1-2H3,(H,15,16)/t10-,11+,13+/m0/s1. The molecule has 1 amide bonds. The second-order valence-electron chi connectivity index (χ2n) is 4.65. The lowest BCUT2D eigenvalue weighted by Crippen LogP contribution is -2.28. The quantitative estimate of drug-likeness (QED) is 0.825. The van der Waals surface area contributed by atoms with Crippen LogP contribution in [0.2, 0.25) is 0 Å². The number of hydrogen-bond acceptors (Lipinski definition) is 1. The van der Waals surface area contributed by atoms with Crippen molar-refractivity contribution >= 4 is 5.91 Å². The summed E-state index contributed by atoms with van der Waals surface area (Å²) in [6.07, 6.45) is 2.20. The second-order valence-corrected chi connectivity index (χ2v) is 4.65. The van der Waals surface area contributed by atoms with Crippen molar-refractivity contribution in [3.8, 4) is 0 Å². The van der Waals surface area contributed by atoms with Gasteiger partial charge in [0, 0.05) is 5.92 Å². The van der Waals surface area contributed by atoms with Gasteiger partial charge in [0.25, 0.3) is 0 Å². The van der Waals surface area contributed by atoms with Crippen LogP contribution in [-0.2, 0) is 4.79 Å². The summed E-state index contributed by atoms with van der Waals surface area (Å²) in [6, 6.07) is 10.2. The number of hydrogen-bond donors (Lipinski definition) is 1. The van der Waals surface area contributed by atoms with Gasteiger partial charge in [-0.1, -0.05) is 43.7 Å². The molecule has 16 heavy (non-hydrogen) atoms. The number of amides is 1. The van der Waals surface area contributed by atoms with Crippen LogP contribution in [-0.4, -0.2) is 5.91 Å². The maximum atomic E-state index is 11.8. The van der Waals surface area contributed by atoms with Crippen molar-refractivity contribution in [3.05, 3.63) is 35.9 Å². The second kappa shape index (κ2) is 4.69. The van der Waals surface area contributed by atoms with E-state index in [9.17, 15) is 4.79 Å². The normalized spacial score (nSPS) is 24.9. The van der Waals surface area contributed by atoms with E-state index in [1.165, 1.54) is 5.56 Å². The van der Waals surface area contributed by atoms with Gasteiger partial charge in [-0.25, -0.2) is 0 Å². The molecule has 1 N–H and O–H groups in total. The molecule has 0 aliphatic heterocycles. The van der Waals surface area contributed by atoms with Gasteiger partial charge in [-0.05, 0) is 24.8 Å². The minimum Gasteiger partial charge on any atom is -0.349 e. The van der Waals surface area contributed by atoms with E-state index >= 15 is 0 Å². The Morgan fingerprint density at radius 2 is 2.12 bits per heavy atom. The van der Waals surface area contributed by atoms with Gasteiger partial charge in [-0.3, -0.25) is 4.79 Å². The van der Waals surface area contributed by atoms with Crippen LogP contribution >= 0.6 is 0 Å². The van der Waals surface area contributed by atoms with Gasteiger partial charge in [-0.2, -0.15) is 0 Å². The van der Waals surface area contributed by atoms with E-state index in [-0.39, 0.29) is 17.9 Å². The van der Waals surface area contributed by atoms with Crippen molar-refractivity contribution in [2.75, 3.05) is 0 Å². The minimum atomic E-state index is 0.117. The Labute approximate surface area is 97.1 Å². The number of carbonyl (C=O) groups is 1. The van der Waals surface area contributed by atoms with E-state index in [1.807, 2.05) is 25.1 Å². The highest BCUT2D eigenvalue weighted by molar-refractivity contribution is 5.81. The Hall–Kier alpha value is -1.31. The van der Waals surface area contributed by atoms with Crippen molar-refractivity contribution in [2.45, 2.75) is 32.7 Å². The van der Waals surface area contributed by atoms with E-state index in [0.29, 0.717) is 5.92 Å². The van der Waals surface area contributed by atoms with Crippen LogP contribution in [0.5, 0.6) is 0 Å². The lowest BCUT2D eigenvalue weighted by atomic mass is 10.1. The highest BCUT2D eigenvalue weighted by atomic mass is 16.2. The molecule has 86 valence electrons. The maximum Gasteiger partial charge on any atom is 0.223 e. The van der Waals surface area contributed by atoms with Crippen LogP contribution in [0.15, 0.2) is 30.3 Å². The Kier molecular flexibility index (Phi) is 3.28. The first-order valence-electron chi connectivity index (χ1n) is 6.07. The van der Waals surface area contributed by atoms with Gasteiger partial charge in [0.05, 0.1) is 6.04 Å². The first-order chi connectivity index (χ1) is 7.72. The summed E-state index contributed by atoms with van der Waals surface area (Å²) in [5, 5.41) is 3.08. The van der Waals surface area contributed by atoms with Crippen LogP contribution in [0.25, 0.3) is 0 Å². The fourth-order valence-corrected chi connectivity index (χ4v) is 2.17. The molecule has 1 aliphatic carbocycles. The smallest absolute Gasteiger partial charge is 0.223 e. The number of nitrogens with one attached hydrogen (secondary N) is 1. The van der Waals surface area contributed by atoms with Crippen LogP contribution in [0.4, 0.5) is 0 Å². The molecule has 0 radical (unpaired) electrons. The molecular weight excluding hydrogens is 198 g/mol. The van der Waals surface area contributed by atoms with Crippen LogP contribution in [0.1, 0.15) is 38.3 Å². The molecule has 0 saturated heterocycles. The molecule has 2 rings (SSSR count). The summed E-state index contributed by atoms with van der Waals surface area (Å²) in [5.41, 5.74) is 1.17. The lowest BCUT2D eigenvalue weighted by molar-refractivity contribution is -0.123. The molecule has 1 aromatic carbocycles. The first-order valence-corrected chi connectivity index (χ1v) is 6.07. The van der Waals surface area contributed by atoms with Crippen LogP contribution in [0.3, 0.4) is 0 Å². The Morgan fingerprint density at radius 1 is 1.44 bits per heavy atom. The van der Waals surface area contributed by atoms with Crippen molar-refractivity contribution in [2.24, 2.45) is 11.8 Å². The zero-order valence-electron chi connectivity index (χ0n) is 9.94. The molecule has 3 atom stereocenters. The largest absolute Gasteiger partial charge is 0.349 e. The van der Waals surface area contributed by atoms with Gasteiger partial charge in [0.1, 0.15) is 0 Å². The van der Waals surface area contributed by atoms with Crippen LogP contribution < -0.4 is 5.32 Å². The molecular formula is C14H19NO. The molecule has 1 aromatic rings. The van der Waals surface area contributed by atoms with Crippen LogP contribution in [0, 0.1) is 11.8 Å². The van der Waals surface area contributed by atoms with E-state index in [1.54, 1.807) is 0 Å². The molecule has 0 heterocycles. The van der Waals surface area contributed by atoms with Gasteiger partial charge >= 0.3 is 0 Å². The summed E-state index contributed by atoms with van der Waals surface area (Å²) < 4.78 is 0. The highest BCUT2D eigenvalue weighted by Gasteiger charge is 2.41. The van der Waals surface area contributed by atoms with Crippen molar-refractivity contribution in [3.63, 3.8) is 0 Å². The summed E-state index contributed by atoms with van der Waals surface area (Å²) >= 11 is 0. The van der Waals surface area contributed by atoms with Gasteiger partial charge in [-0.15, -0.1) is 0 Å². The maximum absolute atomic E-state index is 11.8. The number of benzene rings is 1. The summed E-state index contributed by atoms with van der Waals surface area (Å²) in [6.45, 7) is 4.19. The zero-order valence-corrected chi connectivity index (χ0v) is 9.94. The Morgan fingerprint density at radius 3 is 2.69 bits per heavy atom. The van der Waals surface area contributed by atoms with Crippen molar-refractivity contribution < 1.29 is 4.79 Å². The molecule has 2 heteroatoms. The van der Waals surface area contributed by atoms with Gasteiger partial charge in [0.15, 0.2) is 0 Å². The van der Waals surface area contributed by atoms with E-state index in [4.69, 9.17) is 0 Å². The molecule has 0 aromatic heterocycles. The molecule has 1 fully saturated rings. The Balaban J connectivity index is 1.88. The fraction of sp³-hybridized carbons (Fsp3) is 0.500.